The summed E-state index contributed by atoms with van der Waals surface area (Å²) in [5.41, 5.74) is 3.27. The molecule has 7 heteroatoms. The van der Waals surface area contributed by atoms with E-state index in [4.69, 9.17) is 0 Å². The number of H-pyrrole nitrogens is 1. The highest BCUT2D eigenvalue weighted by Crippen LogP contribution is 2.26. The van der Waals surface area contributed by atoms with Crippen LogP contribution >= 0.6 is 11.8 Å². The van der Waals surface area contributed by atoms with E-state index in [1.807, 2.05) is 11.8 Å². The number of hydrogen-bond donors (Lipinski definition) is 3. The summed E-state index contributed by atoms with van der Waals surface area (Å²) < 4.78 is 0. The van der Waals surface area contributed by atoms with Gasteiger partial charge in [0, 0.05) is 33.9 Å². The van der Waals surface area contributed by atoms with E-state index in [1.165, 1.54) is 0 Å². The molecule has 3 aromatic rings. The van der Waals surface area contributed by atoms with Crippen molar-refractivity contribution in [2.45, 2.75) is 24.6 Å². The number of imidazole rings is 1. The van der Waals surface area contributed by atoms with E-state index in [-0.39, 0.29) is 17.9 Å². The summed E-state index contributed by atoms with van der Waals surface area (Å²) >= 11 is 1.87. The van der Waals surface area contributed by atoms with E-state index in [0.29, 0.717) is 22.1 Å². The van der Waals surface area contributed by atoms with Crippen LogP contribution in [0.25, 0.3) is 11.0 Å². The van der Waals surface area contributed by atoms with Gasteiger partial charge in [-0.3, -0.25) is 9.59 Å². The van der Waals surface area contributed by atoms with Crippen LogP contribution in [0.2, 0.25) is 0 Å². The Morgan fingerprint density at radius 1 is 1.15 bits per heavy atom. The molecule has 0 bridgehead atoms. The van der Waals surface area contributed by atoms with E-state index in [2.05, 4.69) is 27.5 Å². The minimum atomic E-state index is -0.231. The van der Waals surface area contributed by atoms with Crippen LogP contribution in [0.15, 0.2) is 48.8 Å². The molecule has 2 unspecified atom stereocenters. The predicted molar refractivity (Wildman–Crippen MR) is 108 cm³/mol. The molecule has 138 valence electrons. The second kappa shape index (κ2) is 7.44. The minimum Gasteiger partial charge on any atom is -0.348 e. The SMILES string of the molecule is CC1CC(NC(=O)c2cccc(NC(=O)c3ccc4nc[nH]c4c3)c2)CS1. The molecule has 2 amide bonds. The third-order valence-corrected chi connectivity index (χ3v) is 5.95. The lowest BCUT2D eigenvalue weighted by atomic mass is 10.1. The van der Waals surface area contributed by atoms with Crippen molar-refractivity contribution < 1.29 is 9.59 Å². The summed E-state index contributed by atoms with van der Waals surface area (Å²) in [7, 11) is 0. The summed E-state index contributed by atoms with van der Waals surface area (Å²) in [5, 5.41) is 6.50. The maximum atomic E-state index is 12.5. The number of hydrogen-bond acceptors (Lipinski definition) is 4. The Labute approximate surface area is 161 Å². The molecule has 2 heterocycles. The van der Waals surface area contributed by atoms with Crippen molar-refractivity contribution in [3.63, 3.8) is 0 Å². The third-order valence-electron chi connectivity index (χ3n) is 4.60. The van der Waals surface area contributed by atoms with Crippen molar-refractivity contribution in [2.24, 2.45) is 0 Å². The molecular formula is C20H20N4O2S. The van der Waals surface area contributed by atoms with Crippen molar-refractivity contribution in [3.05, 3.63) is 59.9 Å². The van der Waals surface area contributed by atoms with Gasteiger partial charge in [0.1, 0.15) is 0 Å². The van der Waals surface area contributed by atoms with E-state index < -0.39 is 0 Å². The Hall–Kier alpha value is -2.80. The van der Waals surface area contributed by atoms with Crippen LogP contribution in [-0.4, -0.2) is 38.8 Å². The van der Waals surface area contributed by atoms with E-state index >= 15 is 0 Å². The van der Waals surface area contributed by atoms with Crippen LogP contribution in [-0.2, 0) is 0 Å². The fourth-order valence-electron chi connectivity index (χ4n) is 3.20. The van der Waals surface area contributed by atoms with Crippen molar-refractivity contribution in [2.75, 3.05) is 11.1 Å². The topological polar surface area (TPSA) is 86.9 Å². The average Bonchev–Trinajstić information content (AvgIpc) is 3.29. The first-order chi connectivity index (χ1) is 13.1. The molecule has 0 saturated carbocycles. The van der Waals surface area contributed by atoms with Gasteiger partial charge in [0.05, 0.1) is 17.4 Å². The first-order valence-electron chi connectivity index (χ1n) is 8.85. The fraction of sp³-hybridized carbons (Fsp3) is 0.250. The van der Waals surface area contributed by atoms with Gasteiger partial charge >= 0.3 is 0 Å². The molecule has 1 fully saturated rings. The minimum absolute atomic E-state index is 0.107. The highest BCUT2D eigenvalue weighted by molar-refractivity contribution is 8.00. The van der Waals surface area contributed by atoms with Gasteiger partial charge in [-0.25, -0.2) is 4.98 Å². The molecule has 1 aliphatic rings. The van der Waals surface area contributed by atoms with Gasteiger partial charge in [-0.2, -0.15) is 11.8 Å². The second-order valence-corrected chi connectivity index (χ2v) is 8.19. The average molecular weight is 380 g/mol. The molecule has 6 nitrogen and oxygen atoms in total. The number of nitrogens with one attached hydrogen (secondary N) is 3. The standard InChI is InChI=1S/C20H20N4O2S/c1-12-7-16(10-27-12)24-19(25)13-3-2-4-15(8-13)23-20(26)14-5-6-17-18(9-14)22-11-21-17/h2-6,8-9,11-12,16H,7,10H2,1H3,(H,21,22)(H,23,26)(H,24,25). The largest absolute Gasteiger partial charge is 0.348 e. The quantitative estimate of drug-likeness (QED) is 0.647. The molecule has 0 radical (unpaired) electrons. The Balaban J connectivity index is 1.45. The van der Waals surface area contributed by atoms with Crippen LogP contribution in [0.5, 0.6) is 0 Å². The smallest absolute Gasteiger partial charge is 0.255 e. The summed E-state index contributed by atoms with van der Waals surface area (Å²) in [6, 6.07) is 12.5. The van der Waals surface area contributed by atoms with E-state index in [9.17, 15) is 9.59 Å². The number of rotatable bonds is 4. The molecule has 1 aromatic heterocycles. The molecule has 0 aliphatic carbocycles. The third kappa shape index (κ3) is 3.98. The number of carbonyl (C=O) groups is 2. The van der Waals surface area contributed by atoms with Crippen molar-refractivity contribution in [3.8, 4) is 0 Å². The number of thioether (sulfide) groups is 1. The zero-order valence-electron chi connectivity index (χ0n) is 14.9. The second-order valence-electron chi connectivity index (χ2n) is 6.72. The molecule has 0 spiro atoms. The number of aromatic nitrogens is 2. The Kier molecular flexibility index (Phi) is 4.85. The molecule has 3 N–H and O–H groups in total. The van der Waals surface area contributed by atoms with E-state index in [1.54, 1.807) is 48.8 Å². The lowest BCUT2D eigenvalue weighted by Crippen LogP contribution is -2.34. The zero-order chi connectivity index (χ0) is 18.8. The zero-order valence-corrected chi connectivity index (χ0v) is 15.7. The van der Waals surface area contributed by atoms with Crippen LogP contribution < -0.4 is 10.6 Å². The number of carbonyl (C=O) groups excluding carboxylic acids is 2. The summed E-state index contributed by atoms with van der Waals surface area (Å²) in [6.45, 7) is 2.17. The molecule has 27 heavy (non-hydrogen) atoms. The molecule has 1 aliphatic heterocycles. The Morgan fingerprint density at radius 2 is 2.00 bits per heavy atom. The van der Waals surface area contributed by atoms with Crippen molar-refractivity contribution in [1.29, 1.82) is 0 Å². The van der Waals surface area contributed by atoms with Gasteiger partial charge < -0.3 is 15.6 Å². The van der Waals surface area contributed by atoms with Gasteiger partial charge in [-0.15, -0.1) is 0 Å². The van der Waals surface area contributed by atoms with Crippen LogP contribution in [0.1, 0.15) is 34.1 Å². The fourth-order valence-corrected chi connectivity index (χ4v) is 4.35. The molecule has 4 rings (SSSR count). The first-order valence-corrected chi connectivity index (χ1v) is 9.90. The maximum Gasteiger partial charge on any atom is 0.255 e. The van der Waals surface area contributed by atoms with Gasteiger partial charge in [-0.05, 0) is 42.8 Å². The lowest BCUT2D eigenvalue weighted by molar-refractivity contribution is 0.0939. The number of anilines is 1. The molecule has 1 saturated heterocycles. The van der Waals surface area contributed by atoms with Crippen LogP contribution in [0.3, 0.4) is 0 Å². The Morgan fingerprint density at radius 3 is 2.81 bits per heavy atom. The van der Waals surface area contributed by atoms with Gasteiger partial charge in [0.2, 0.25) is 0 Å². The lowest BCUT2D eigenvalue weighted by Gasteiger charge is -2.12. The number of nitrogens with zero attached hydrogens (tertiary/aromatic N) is 1. The highest BCUT2D eigenvalue weighted by Gasteiger charge is 2.23. The highest BCUT2D eigenvalue weighted by atomic mass is 32.2. The predicted octanol–water partition coefficient (Wildman–Crippen LogP) is 3.44. The van der Waals surface area contributed by atoms with Crippen molar-refractivity contribution >= 4 is 40.3 Å². The van der Waals surface area contributed by atoms with Crippen molar-refractivity contribution in [1.82, 2.24) is 15.3 Å². The van der Waals surface area contributed by atoms with Gasteiger partial charge in [0.15, 0.2) is 0 Å². The summed E-state index contributed by atoms with van der Waals surface area (Å²) in [4.78, 5) is 32.2. The summed E-state index contributed by atoms with van der Waals surface area (Å²) in [5.74, 6) is 0.606. The maximum absolute atomic E-state index is 12.5. The van der Waals surface area contributed by atoms with E-state index in [0.717, 1.165) is 23.2 Å². The Bertz CT molecular complexity index is 1000. The van der Waals surface area contributed by atoms with Crippen LogP contribution in [0.4, 0.5) is 5.69 Å². The van der Waals surface area contributed by atoms with Crippen LogP contribution in [0, 0.1) is 0 Å². The first kappa shape index (κ1) is 17.6. The number of aromatic amines is 1. The molecular weight excluding hydrogens is 360 g/mol. The molecule has 2 aromatic carbocycles. The monoisotopic (exact) mass is 380 g/mol. The van der Waals surface area contributed by atoms with Gasteiger partial charge in [-0.1, -0.05) is 13.0 Å². The summed E-state index contributed by atoms with van der Waals surface area (Å²) in [6.07, 6.45) is 2.58. The normalized spacial score (nSPS) is 19.1. The number of fused-ring (bicyclic) bond motifs is 1. The number of amides is 2. The number of benzene rings is 2. The van der Waals surface area contributed by atoms with Gasteiger partial charge in [0.25, 0.3) is 11.8 Å². The molecule has 2 atom stereocenters.